The Morgan fingerprint density at radius 2 is 1.76 bits per heavy atom. The molecule has 1 aliphatic rings. The molecule has 0 bridgehead atoms. The van der Waals surface area contributed by atoms with E-state index in [9.17, 15) is 0 Å². The van der Waals surface area contributed by atoms with Crippen molar-refractivity contribution in [2.75, 3.05) is 0 Å². The predicted octanol–water partition coefficient (Wildman–Crippen LogP) is 6.45. The van der Waals surface area contributed by atoms with E-state index in [0.29, 0.717) is 0 Å². The van der Waals surface area contributed by atoms with Crippen molar-refractivity contribution in [1.82, 2.24) is 4.98 Å². The summed E-state index contributed by atoms with van der Waals surface area (Å²) in [5, 5.41) is 1.87. The van der Waals surface area contributed by atoms with Crippen molar-refractivity contribution in [2.45, 2.75) is 19.3 Å². The van der Waals surface area contributed by atoms with Crippen LogP contribution in [0, 0.1) is 0 Å². The van der Waals surface area contributed by atoms with Gasteiger partial charge in [-0.3, -0.25) is 4.98 Å². The van der Waals surface area contributed by atoms with E-state index >= 15 is 0 Å². The van der Waals surface area contributed by atoms with Crippen molar-refractivity contribution in [3.63, 3.8) is 0 Å². The third-order valence-electron chi connectivity index (χ3n) is 5.14. The fourth-order valence-electron chi connectivity index (χ4n) is 4.05. The predicted molar refractivity (Wildman–Crippen MR) is 102 cm³/mol. The summed E-state index contributed by atoms with van der Waals surface area (Å²) in [5.74, 6) is 0.879. The molecule has 5 rings (SSSR count). The first-order chi connectivity index (χ1) is 12.1. The van der Waals surface area contributed by atoms with Gasteiger partial charge in [0.25, 0.3) is 0 Å². The number of aromatic nitrogens is 1. The second kappa shape index (κ2) is 4.96. The lowest BCUT2D eigenvalue weighted by Crippen LogP contribution is -2.25. The first-order valence-corrected chi connectivity index (χ1v) is 8.73. The fourth-order valence-corrected chi connectivity index (χ4v) is 4.44. The number of hydrogen-bond donors (Lipinski definition) is 0. The minimum Gasteiger partial charge on any atom is -0.455 e. The van der Waals surface area contributed by atoms with Crippen molar-refractivity contribution in [2.24, 2.45) is 0 Å². The summed E-state index contributed by atoms with van der Waals surface area (Å²) >= 11 is 6.65. The van der Waals surface area contributed by atoms with E-state index in [4.69, 9.17) is 21.0 Å². The lowest BCUT2D eigenvalue weighted by molar-refractivity contribution is 0.620. The zero-order valence-electron chi connectivity index (χ0n) is 14.0. The summed E-state index contributed by atoms with van der Waals surface area (Å²) in [4.78, 5) is 4.71. The second-order valence-electron chi connectivity index (χ2n) is 6.99. The van der Waals surface area contributed by atoms with Gasteiger partial charge >= 0.3 is 0 Å². The van der Waals surface area contributed by atoms with Gasteiger partial charge in [-0.1, -0.05) is 61.8 Å². The lowest BCUT2D eigenvalue weighted by Gasteiger charge is -2.32. The summed E-state index contributed by atoms with van der Waals surface area (Å²) in [6, 6.07) is 18.2. The fraction of sp³-hybridized carbons (Fsp3) is 0.136. The zero-order chi connectivity index (χ0) is 17.2. The molecule has 4 aromatic rings. The molecule has 0 spiro atoms. The Morgan fingerprint density at radius 1 is 0.960 bits per heavy atom. The number of hydrogen-bond acceptors (Lipinski definition) is 2. The highest BCUT2D eigenvalue weighted by Crippen LogP contribution is 2.54. The van der Waals surface area contributed by atoms with E-state index in [0.717, 1.165) is 49.7 Å². The van der Waals surface area contributed by atoms with Gasteiger partial charge in [0.15, 0.2) is 0 Å². The van der Waals surface area contributed by atoms with Crippen molar-refractivity contribution < 1.29 is 4.42 Å². The lowest BCUT2D eigenvalue weighted by atomic mass is 9.71. The van der Waals surface area contributed by atoms with Crippen LogP contribution in [0.1, 0.15) is 25.1 Å². The molecule has 122 valence electrons. The highest BCUT2D eigenvalue weighted by Gasteiger charge is 2.39. The van der Waals surface area contributed by atoms with Gasteiger partial charge in [0, 0.05) is 38.7 Å². The molecular weight excluding hydrogens is 330 g/mol. The van der Waals surface area contributed by atoms with Crippen LogP contribution < -0.4 is 0 Å². The van der Waals surface area contributed by atoms with Crippen LogP contribution in [0.15, 0.2) is 65.2 Å². The van der Waals surface area contributed by atoms with Crippen molar-refractivity contribution >= 4 is 22.6 Å². The first-order valence-electron chi connectivity index (χ1n) is 8.36. The van der Waals surface area contributed by atoms with Gasteiger partial charge in [0.1, 0.15) is 11.3 Å². The molecule has 3 heteroatoms. The maximum atomic E-state index is 6.65. The van der Waals surface area contributed by atoms with Gasteiger partial charge in [-0.05, 0) is 23.8 Å². The van der Waals surface area contributed by atoms with Gasteiger partial charge in [-0.2, -0.15) is 0 Å². The molecule has 0 N–H and O–H groups in total. The van der Waals surface area contributed by atoms with Crippen LogP contribution in [-0.4, -0.2) is 4.98 Å². The molecule has 2 aromatic carbocycles. The Balaban J connectivity index is 2.01. The third-order valence-corrected chi connectivity index (χ3v) is 5.45. The van der Waals surface area contributed by atoms with Crippen molar-refractivity contribution in [3.05, 3.63) is 77.1 Å². The molecule has 0 unspecified atom stereocenters. The molecule has 25 heavy (non-hydrogen) atoms. The maximum Gasteiger partial charge on any atom is 0.143 e. The SMILES string of the molecule is CC1(C)c2ncccc2-c2c(-c3ccccc3)oc3ccc(Cl)c1c23. The van der Waals surface area contributed by atoms with E-state index in [1.807, 2.05) is 42.6 Å². The minimum atomic E-state index is -0.280. The molecule has 2 heterocycles. The van der Waals surface area contributed by atoms with Gasteiger partial charge in [0.2, 0.25) is 0 Å². The molecule has 0 saturated carbocycles. The largest absolute Gasteiger partial charge is 0.455 e. The number of pyridine rings is 1. The van der Waals surface area contributed by atoms with Gasteiger partial charge in [-0.25, -0.2) is 0 Å². The Kier molecular flexibility index (Phi) is 2.93. The third kappa shape index (κ3) is 1.89. The molecule has 0 amide bonds. The number of halogens is 1. The van der Waals surface area contributed by atoms with Gasteiger partial charge in [-0.15, -0.1) is 0 Å². The standard InChI is InChI=1S/C22H16ClNO/c1-22(2)19-15(23)10-11-16-18(19)17(14-9-6-12-24-21(14)22)20(25-16)13-7-4-3-5-8-13/h3-12H,1-2H3. The van der Waals surface area contributed by atoms with Crippen LogP contribution in [0.2, 0.25) is 5.02 Å². The smallest absolute Gasteiger partial charge is 0.143 e. The summed E-state index contributed by atoms with van der Waals surface area (Å²) in [7, 11) is 0. The second-order valence-corrected chi connectivity index (χ2v) is 7.40. The Morgan fingerprint density at radius 3 is 2.56 bits per heavy atom. The minimum absolute atomic E-state index is 0.280. The number of nitrogens with zero attached hydrogens (tertiary/aromatic N) is 1. The molecule has 0 aliphatic heterocycles. The highest BCUT2D eigenvalue weighted by molar-refractivity contribution is 6.33. The average Bonchev–Trinajstić information content (AvgIpc) is 3.01. The summed E-state index contributed by atoms with van der Waals surface area (Å²) in [6.45, 7) is 4.36. The number of benzene rings is 2. The summed E-state index contributed by atoms with van der Waals surface area (Å²) in [6.07, 6.45) is 1.85. The van der Waals surface area contributed by atoms with E-state index in [1.54, 1.807) is 0 Å². The van der Waals surface area contributed by atoms with Crippen molar-refractivity contribution in [3.8, 4) is 22.5 Å². The highest BCUT2D eigenvalue weighted by atomic mass is 35.5. The monoisotopic (exact) mass is 345 g/mol. The van der Waals surface area contributed by atoms with Crippen LogP contribution >= 0.6 is 11.6 Å². The normalized spacial score (nSPS) is 14.5. The molecule has 2 aromatic heterocycles. The molecule has 0 fully saturated rings. The molecular formula is C22H16ClNO. The van der Waals surface area contributed by atoms with E-state index in [1.165, 1.54) is 0 Å². The Hall–Kier alpha value is -2.58. The van der Waals surface area contributed by atoms with Crippen LogP contribution in [0.5, 0.6) is 0 Å². The van der Waals surface area contributed by atoms with E-state index in [-0.39, 0.29) is 5.41 Å². The van der Waals surface area contributed by atoms with Crippen LogP contribution in [-0.2, 0) is 5.41 Å². The quantitative estimate of drug-likeness (QED) is 0.396. The Bertz CT molecular complexity index is 1130. The van der Waals surface area contributed by atoms with Gasteiger partial charge in [0.05, 0.1) is 5.69 Å². The molecule has 0 radical (unpaired) electrons. The number of rotatable bonds is 1. The van der Waals surface area contributed by atoms with Crippen LogP contribution in [0.3, 0.4) is 0 Å². The molecule has 0 saturated heterocycles. The first kappa shape index (κ1) is 14.7. The topological polar surface area (TPSA) is 26.0 Å². The number of fused-ring (bicyclic) bond motifs is 2. The molecule has 1 aliphatic carbocycles. The van der Waals surface area contributed by atoms with Crippen LogP contribution in [0.4, 0.5) is 0 Å². The van der Waals surface area contributed by atoms with Crippen LogP contribution in [0.25, 0.3) is 33.4 Å². The van der Waals surface area contributed by atoms with E-state index in [2.05, 4.69) is 32.0 Å². The zero-order valence-corrected chi connectivity index (χ0v) is 14.8. The van der Waals surface area contributed by atoms with Gasteiger partial charge < -0.3 is 4.42 Å². The Labute approximate surface area is 151 Å². The maximum absolute atomic E-state index is 6.65. The van der Waals surface area contributed by atoms with Crippen molar-refractivity contribution in [1.29, 1.82) is 0 Å². The summed E-state index contributed by atoms with van der Waals surface area (Å²) in [5.41, 5.74) is 6.01. The number of furan rings is 1. The summed E-state index contributed by atoms with van der Waals surface area (Å²) < 4.78 is 6.32. The molecule has 0 atom stereocenters. The van der Waals surface area contributed by atoms with E-state index < -0.39 is 0 Å². The molecule has 2 nitrogen and oxygen atoms in total. The average molecular weight is 346 g/mol.